The van der Waals surface area contributed by atoms with Crippen molar-refractivity contribution in [2.75, 3.05) is 32.9 Å². The molecular formula is C29H38F2N2O5. The Kier molecular flexibility index (Phi) is 9.98. The summed E-state index contributed by atoms with van der Waals surface area (Å²) in [7, 11) is 0. The number of ether oxygens (including phenoxy) is 3. The zero-order chi connectivity index (χ0) is 27.9. The summed E-state index contributed by atoms with van der Waals surface area (Å²) in [5.41, 5.74) is -0.748. The Hall–Kier alpha value is -2.88. The van der Waals surface area contributed by atoms with Crippen LogP contribution in [0.15, 0.2) is 36.4 Å². The van der Waals surface area contributed by atoms with Crippen LogP contribution in [0.2, 0.25) is 0 Å². The molecular weight excluding hydrogens is 494 g/mol. The molecule has 2 N–H and O–H groups in total. The van der Waals surface area contributed by atoms with Crippen LogP contribution < -0.4 is 15.4 Å². The number of rotatable bonds is 12. The number of amides is 1. The molecule has 1 heterocycles. The lowest BCUT2D eigenvalue weighted by molar-refractivity contribution is -0.0717. The molecule has 2 aromatic carbocycles. The van der Waals surface area contributed by atoms with E-state index in [2.05, 4.69) is 10.6 Å². The predicted molar refractivity (Wildman–Crippen MR) is 141 cm³/mol. The molecule has 0 saturated carbocycles. The van der Waals surface area contributed by atoms with Gasteiger partial charge in [0.15, 0.2) is 17.4 Å². The van der Waals surface area contributed by atoms with E-state index in [9.17, 15) is 18.4 Å². The smallest absolute Gasteiger partial charge is 0.251 e. The Bertz CT molecular complexity index is 1110. The number of nitrogens with one attached hydrogen (secondary N) is 2. The second-order valence-electron chi connectivity index (χ2n) is 11.0. The molecule has 1 saturated heterocycles. The number of halogens is 2. The summed E-state index contributed by atoms with van der Waals surface area (Å²) in [4.78, 5) is 25.6. The van der Waals surface area contributed by atoms with Crippen molar-refractivity contribution in [2.24, 2.45) is 0 Å². The van der Waals surface area contributed by atoms with Crippen molar-refractivity contribution < 1.29 is 32.6 Å². The van der Waals surface area contributed by atoms with Gasteiger partial charge in [0.25, 0.3) is 5.91 Å². The zero-order valence-corrected chi connectivity index (χ0v) is 22.8. The van der Waals surface area contributed by atoms with Crippen LogP contribution in [0.5, 0.6) is 5.75 Å². The van der Waals surface area contributed by atoms with Crippen molar-refractivity contribution >= 4 is 11.7 Å². The maximum atomic E-state index is 14.8. The zero-order valence-electron chi connectivity index (χ0n) is 22.8. The third kappa shape index (κ3) is 8.58. The van der Waals surface area contributed by atoms with Crippen LogP contribution in [0.1, 0.15) is 73.7 Å². The molecule has 1 aliphatic rings. The molecule has 0 aromatic heterocycles. The monoisotopic (exact) mass is 532 g/mol. The first-order valence-corrected chi connectivity index (χ1v) is 12.9. The van der Waals surface area contributed by atoms with Gasteiger partial charge >= 0.3 is 0 Å². The van der Waals surface area contributed by atoms with Crippen molar-refractivity contribution in [3.05, 3.63) is 64.7 Å². The summed E-state index contributed by atoms with van der Waals surface area (Å²) in [6.07, 6.45) is 1.50. The SMILES string of the molecule is CC(C)(C)OCCC(C)(C)OCCOc1ccc(F)c(F)c1C(=O)c1ccc(C(=O)N[C@H]2CCNC2)cc1. The Morgan fingerprint density at radius 1 is 0.947 bits per heavy atom. The average molecular weight is 533 g/mol. The lowest BCUT2D eigenvalue weighted by atomic mass is 10.00. The van der Waals surface area contributed by atoms with E-state index in [1.54, 1.807) is 0 Å². The molecule has 208 valence electrons. The average Bonchev–Trinajstić information content (AvgIpc) is 3.36. The van der Waals surface area contributed by atoms with E-state index in [0.717, 1.165) is 19.0 Å². The summed E-state index contributed by atoms with van der Waals surface area (Å²) in [5.74, 6) is -3.53. The number of hydrogen-bond donors (Lipinski definition) is 2. The number of carbonyl (C=O) groups is 2. The highest BCUT2D eigenvalue weighted by Crippen LogP contribution is 2.27. The Balaban J connectivity index is 1.62. The molecule has 1 atom stereocenters. The first-order chi connectivity index (χ1) is 17.9. The first kappa shape index (κ1) is 29.7. The Morgan fingerprint density at radius 2 is 1.63 bits per heavy atom. The van der Waals surface area contributed by atoms with Crippen molar-refractivity contribution in [3.8, 4) is 5.75 Å². The molecule has 0 radical (unpaired) electrons. The maximum Gasteiger partial charge on any atom is 0.251 e. The van der Waals surface area contributed by atoms with Gasteiger partial charge in [-0.15, -0.1) is 0 Å². The van der Waals surface area contributed by atoms with E-state index >= 15 is 0 Å². The second-order valence-corrected chi connectivity index (χ2v) is 11.0. The highest BCUT2D eigenvalue weighted by molar-refractivity contribution is 6.11. The molecule has 0 bridgehead atoms. The quantitative estimate of drug-likeness (QED) is 0.305. The van der Waals surface area contributed by atoms with Gasteiger partial charge in [-0.3, -0.25) is 9.59 Å². The number of carbonyl (C=O) groups excluding carboxylic acids is 2. The third-order valence-electron chi connectivity index (χ3n) is 6.16. The minimum atomic E-state index is -1.29. The lowest BCUT2D eigenvalue weighted by Crippen LogP contribution is -2.36. The van der Waals surface area contributed by atoms with Crippen LogP contribution in [-0.2, 0) is 9.47 Å². The summed E-state index contributed by atoms with van der Waals surface area (Å²) in [5, 5.41) is 6.10. The summed E-state index contributed by atoms with van der Waals surface area (Å²) >= 11 is 0. The summed E-state index contributed by atoms with van der Waals surface area (Å²) in [6.45, 7) is 12.1. The van der Waals surface area contributed by atoms with E-state index in [1.165, 1.54) is 30.3 Å². The third-order valence-corrected chi connectivity index (χ3v) is 6.16. The minimum Gasteiger partial charge on any atom is -0.490 e. The second kappa shape index (κ2) is 12.8. The molecule has 3 rings (SSSR count). The largest absolute Gasteiger partial charge is 0.490 e. The Labute approximate surface area is 223 Å². The number of hydrogen-bond acceptors (Lipinski definition) is 6. The highest BCUT2D eigenvalue weighted by Gasteiger charge is 2.25. The number of ketones is 1. The van der Waals surface area contributed by atoms with Crippen molar-refractivity contribution in [3.63, 3.8) is 0 Å². The lowest BCUT2D eigenvalue weighted by Gasteiger charge is -2.28. The standard InChI is InChI=1S/C29H38F2N2O5/c1-28(2,3)37-15-13-29(4,5)38-17-16-36-23-11-10-22(30)25(31)24(23)26(34)19-6-8-20(9-7-19)27(35)33-21-12-14-32-18-21/h6-11,21,32H,12-18H2,1-5H3,(H,33,35)/t21-/m0/s1. The van der Waals surface area contributed by atoms with E-state index in [0.29, 0.717) is 25.1 Å². The maximum absolute atomic E-state index is 14.8. The fraction of sp³-hybridized carbons (Fsp3) is 0.517. The molecule has 2 aromatic rings. The van der Waals surface area contributed by atoms with E-state index in [1.807, 2.05) is 34.6 Å². The molecule has 9 heteroatoms. The van der Waals surface area contributed by atoms with Gasteiger partial charge in [0.2, 0.25) is 0 Å². The normalized spacial score (nSPS) is 15.9. The molecule has 7 nitrogen and oxygen atoms in total. The summed E-state index contributed by atoms with van der Waals surface area (Å²) < 4.78 is 46.1. The van der Waals surface area contributed by atoms with Crippen molar-refractivity contribution in [1.82, 2.24) is 10.6 Å². The first-order valence-electron chi connectivity index (χ1n) is 12.9. The van der Waals surface area contributed by atoms with E-state index in [-0.39, 0.29) is 42.1 Å². The highest BCUT2D eigenvalue weighted by atomic mass is 19.2. The molecule has 38 heavy (non-hydrogen) atoms. The van der Waals surface area contributed by atoms with Crippen molar-refractivity contribution in [1.29, 1.82) is 0 Å². The summed E-state index contributed by atoms with van der Waals surface area (Å²) in [6, 6.07) is 8.01. The van der Waals surface area contributed by atoms with Gasteiger partial charge in [-0.25, -0.2) is 8.78 Å². The molecule has 0 spiro atoms. The topological polar surface area (TPSA) is 85.9 Å². The van der Waals surface area contributed by atoms with Crippen LogP contribution in [-0.4, -0.2) is 61.8 Å². The fourth-order valence-corrected chi connectivity index (χ4v) is 3.97. The fourth-order valence-electron chi connectivity index (χ4n) is 3.97. The molecule has 0 aliphatic carbocycles. The molecule has 0 unspecified atom stereocenters. The van der Waals surface area contributed by atoms with Gasteiger partial charge in [-0.2, -0.15) is 0 Å². The van der Waals surface area contributed by atoms with Crippen LogP contribution in [0, 0.1) is 11.6 Å². The molecule has 1 amide bonds. The molecule has 1 aliphatic heterocycles. The predicted octanol–water partition coefficient (Wildman–Crippen LogP) is 4.67. The van der Waals surface area contributed by atoms with Crippen molar-refractivity contribution in [2.45, 2.75) is 64.7 Å². The van der Waals surface area contributed by atoms with Gasteiger partial charge in [-0.05, 0) is 78.3 Å². The van der Waals surface area contributed by atoms with Crippen LogP contribution in [0.3, 0.4) is 0 Å². The van der Waals surface area contributed by atoms with Crippen LogP contribution in [0.4, 0.5) is 8.78 Å². The number of benzene rings is 2. The van der Waals surface area contributed by atoms with Crippen LogP contribution in [0.25, 0.3) is 0 Å². The minimum absolute atomic E-state index is 0.0318. The van der Waals surface area contributed by atoms with Gasteiger partial charge in [0, 0.05) is 30.3 Å². The van der Waals surface area contributed by atoms with E-state index in [4.69, 9.17) is 14.2 Å². The van der Waals surface area contributed by atoms with Gasteiger partial charge in [-0.1, -0.05) is 12.1 Å². The van der Waals surface area contributed by atoms with Gasteiger partial charge in [0.05, 0.1) is 17.8 Å². The van der Waals surface area contributed by atoms with Crippen LogP contribution >= 0.6 is 0 Å². The van der Waals surface area contributed by atoms with Gasteiger partial charge < -0.3 is 24.8 Å². The Morgan fingerprint density at radius 3 is 2.26 bits per heavy atom. The van der Waals surface area contributed by atoms with Gasteiger partial charge in [0.1, 0.15) is 17.9 Å². The van der Waals surface area contributed by atoms with E-state index < -0.39 is 28.6 Å². The molecule has 1 fully saturated rings.